The first kappa shape index (κ1) is 13.5. The van der Waals surface area contributed by atoms with Crippen LogP contribution in [0.15, 0.2) is 61.1 Å². The van der Waals surface area contributed by atoms with Crippen molar-refractivity contribution in [3.63, 3.8) is 0 Å². The minimum atomic E-state index is 0.294. The van der Waals surface area contributed by atoms with Crippen molar-refractivity contribution < 1.29 is 0 Å². The summed E-state index contributed by atoms with van der Waals surface area (Å²) in [5.74, 6) is 0. The van der Waals surface area contributed by atoms with E-state index in [4.69, 9.17) is 0 Å². The summed E-state index contributed by atoms with van der Waals surface area (Å²) >= 11 is 0. The van der Waals surface area contributed by atoms with Gasteiger partial charge in [0, 0.05) is 36.1 Å². The molecule has 4 nitrogen and oxygen atoms in total. The highest BCUT2D eigenvalue weighted by atomic mass is 15.1. The minimum absolute atomic E-state index is 0.294. The molecule has 3 aromatic rings. The van der Waals surface area contributed by atoms with E-state index in [-0.39, 0.29) is 0 Å². The normalized spacial score (nSPS) is 12.2. The fourth-order valence-electron chi connectivity index (χ4n) is 2.33. The van der Waals surface area contributed by atoms with E-state index >= 15 is 0 Å². The summed E-state index contributed by atoms with van der Waals surface area (Å²) in [5, 5.41) is 10.7. The molecular formula is C17H18N4. The Hall–Kier alpha value is -2.46. The average molecular weight is 278 g/mol. The molecule has 2 aromatic heterocycles. The van der Waals surface area contributed by atoms with Crippen LogP contribution in [0.3, 0.4) is 0 Å². The Labute approximate surface area is 124 Å². The van der Waals surface area contributed by atoms with Crippen molar-refractivity contribution in [2.45, 2.75) is 19.5 Å². The first-order valence-electron chi connectivity index (χ1n) is 7.05. The molecule has 0 radical (unpaired) electrons. The smallest absolute Gasteiger partial charge is 0.0710 e. The predicted molar refractivity (Wildman–Crippen MR) is 83.5 cm³/mol. The van der Waals surface area contributed by atoms with Crippen molar-refractivity contribution in [3.8, 4) is 11.3 Å². The molecule has 2 N–H and O–H groups in total. The SMILES string of the molecule is C[C@H](NCc1cn[nH]c1-c1cccnc1)c1ccccc1. The third-order valence-electron chi connectivity index (χ3n) is 3.57. The van der Waals surface area contributed by atoms with E-state index in [0.29, 0.717) is 6.04 Å². The molecule has 0 saturated carbocycles. The maximum atomic E-state index is 4.16. The number of aromatic nitrogens is 3. The van der Waals surface area contributed by atoms with Gasteiger partial charge < -0.3 is 5.32 Å². The van der Waals surface area contributed by atoms with E-state index < -0.39 is 0 Å². The third kappa shape index (κ3) is 3.17. The van der Waals surface area contributed by atoms with Gasteiger partial charge in [0.1, 0.15) is 0 Å². The number of hydrogen-bond acceptors (Lipinski definition) is 3. The highest BCUT2D eigenvalue weighted by Gasteiger charge is 2.10. The van der Waals surface area contributed by atoms with Gasteiger partial charge in [0.05, 0.1) is 11.9 Å². The first-order valence-corrected chi connectivity index (χ1v) is 7.05. The maximum absolute atomic E-state index is 4.16. The van der Waals surface area contributed by atoms with Gasteiger partial charge in [-0.15, -0.1) is 0 Å². The standard InChI is InChI=1S/C17H18N4/c1-13(14-6-3-2-4-7-14)19-11-16-12-20-21-17(16)15-8-5-9-18-10-15/h2-10,12-13,19H,11H2,1H3,(H,20,21)/t13-/m0/s1. The summed E-state index contributed by atoms with van der Waals surface area (Å²) in [6.45, 7) is 2.93. The molecule has 2 heterocycles. The number of nitrogens with one attached hydrogen (secondary N) is 2. The lowest BCUT2D eigenvalue weighted by atomic mass is 10.1. The molecule has 0 aliphatic carbocycles. The molecule has 4 heteroatoms. The second-order valence-corrected chi connectivity index (χ2v) is 5.03. The molecular weight excluding hydrogens is 260 g/mol. The van der Waals surface area contributed by atoms with Crippen LogP contribution in [0.1, 0.15) is 24.1 Å². The Bertz CT molecular complexity index is 676. The highest BCUT2D eigenvalue weighted by molar-refractivity contribution is 5.61. The van der Waals surface area contributed by atoms with Crippen molar-refractivity contribution in [1.29, 1.82) is 0 Å². The summed E-state index contributed by atoms with van der Waals surface area (Å²) in [6, 6.07) is 14.7. The molecule has 1 aromatic carbocycles. The Kier molecular flexibility index (Phi) is 4.07. The zero-order valence-corrected chi connectivity index (χ0v) is 12.0. The van der Waals surface area contributed by atoms with Crippen LogP contribution in [0.25, 0.3) is 11.3 Å². The lowest BCUT2D eigenvalue weighted by molar-refractivity contribution is 0.575. The number of hydrogen-bond donors (Lipinski definition) is 2. The van der Waals surface area contributed by atoms with E-state index in [1.54, 1.807) is 6.20 Å². The van der Waals surface area contributed by atoms with E-state index in [0.717, 1.165) is 23.4 Å². The van der Waals surface area contributed by atoms with E-state index in [2.05, 4.69) is 51.7 Å². The van der Waals surface area contributed by atoms with Crippen LogP contribution in [-0.4, -0.2) is 15.2 Å². The molecule has 0 aliphatic rings. The number of H-pyrrole nitrogens is 1. The molecule has 3 rings (SSSR count). The molecule has 0 saturated heterocycles. The van der Waals surface area contributed by atoms with Crippen LogP contribution in [0.4, 0.5) is 0 Å². The largest absolute Gasteiger partial charge is 0.306 e. The summed E-state index contributed by atoms with van der Waals surface area (Å²) in [5.41, 5.74) is 4.50. The van der Waals surface area contributed by atoms with Gasteiger partial charge in [-0.05, 0) is 24.6 Å². The third-order valence-corrected chi connectivity index (χ3v) is 3.57. The van der Waals surface area contributed by atoms with Gasteiger partial charge in [-0.2, -0.15) is 5.10 Å². The Morgan fingerprint density at radius 2 is 1.95 bits per heavy atom. The Morgan fingerprint density at radius 1 is 1.10 bits per heavy atom. The number of pyridine rings is 1. The zero-order chi connectivity index (χ0) is 14.5. The van der Waals surface area contributed by atoms with Gasteiger partial charge in [-0.1, -0.05) is 30.3 Å². The van der Waals surface area contributed by atoms with E-state index in [1.165, 1.54) is 5.56 Å². The first-order chi connectivity index (χ1) is 10.3. The van der Waals surface area contributed by atoms with Gasteiger partial charge >= 0.3 is 0 Å². The predicted octanol–water partition coefficient (Wildman–Crippen LogP) is 3.32. The van der Waals surface area contributed by atoms with Crippen LogP contribution in [0.2, 0.25) is 0 Å². The molecule has 1 atom stereocenters. The van der Waals surface area contributed by atoms with Crippen molar-refractivity contribution in [3.05, 3.63) is 72.2 Å². The molecule has 0 bridgehead atoms. The summed E-state index contributed by atoms with van der Waals surface area (Å²) in [4.78, 5) is 4.16. The average Bonchev–Trinajstić information content (AvgIpc) is 3.03. The zero-order valence-electron chi connectivity index (χ0n) is 12.0. The summed E-state index contributed by atoms with van der Waals surface area (Å²) in [7, 11) is 0. The monoisotopic (exact) mass is 278 g/mol. The highest BCUT2D eigenvalue weighted by Crippen LogP contribution is 2.20. The van der Waals surface area contributed by atoms with Crippen molar-refractivity contribution >= 4 is 0 Å². The molecule has 0 amide bonds. The summed E-state index contributed by atoms with van der Waals surface area (Å²) < 4.78 is 0. The van der Waals surface area contributed by atoms with Crippen LogP contribution < -0.4 is 5.32 Å². The van der Waals surface area contributed by atoms with Crippen LogP contribution in [-0.2, 0) is 6.54 Å². The number of rotatable bonds is 5. The van der Waals surface area contributed by atoms with Gasteiger partial charge in [0.25, 0.3) is 0 Å². The van der Waals surface area contributed by atoms with E-state index in [9.17, 15) is 0 Å². The molecule has 0 fully saturated rings. The molecule has 21 heavy (non-hydrogen) atoms. The van der Waals surface area contributed by atoms with Gasteiger partial charge in [0.2, 0.25) is 0 Å². The van der Waals surface area contributed by atoms with Gasteiger partial charge in [-0.3, -0.25) is 10.1 Å². The minimum Gasteiger partial charge on any atom is -0.306 e. The van der Waals surface area contributed by atoms with Crippen LogP contribution in [0, 0.1) is 0 Å². The molecule has 0 aliphatic heterocycles. The van der Waals surface area contributed by atoms with E-state index in [1.807, 2.05) is 30.6 Å². The Morgan fingerprint density at radius 3 is 2.71 bits per heavy atom. The van der Waals surface area contributed by atoms with Crippen molar-refractivity contribution in [1.82, 2.24) is 20.5 Å². The van der Waals surface area contributed by atoms with Crippen LogP contribution in [0.5, 0.6) is 0 Å². The van der Waals surface area contributed by atoms with Crippen molar-refractivity contribution in [2.24, 2.45) is 0 Å². The fraction of sp³-hybridized carbons (Fsp3) is 0.176. The number of aromatic amines is 1. The maximum Gasteiger partial charge on any atom is 0.0710 e. The second-order valence-electron chi connectivity index (χ2n) is 5.03. The summed E-state index contributed by atoms with van der Waals surface area (Å²) in [6.07, 6.45) is 5.49. The molecule has 106 valence electrons. The molecule has 0 unspecified atom stereocenters. The lowest BCUT2D eigenvalue weighted by Crippen LogP contribution is -2.18. The van der Waals surface area contributed by atoms with Crippen LogP contribution >= 0.6 is 0 Å². The quantitative estimate of drug-likeness (QED) is 0.752. The second kappa shape index (κ2) is 6.33. The number of benzene rings is 1. The molecule has 0 spiro atoms. The Balaban J connectivity index is 1.71. The van der Waals surface area contributed by atoms with Gasteiger partial charge in [-0.25, -0.2) is 0 Å². The van der Waals surface area contributed by atoms with Gasteiger partial charge in [0.15, 0.2) is 0 Å². The van der Waals surface area contributed by atoms with Crippen molar-refractivity contribution in [2.75, 3.05) is 0 Å². The topological polar surface area (TPSA) is 53.6 Å². The number of nitrogens with zero attached hydrogens (tertiary/aromatic N) is 2. The lowest BCUT2D eigenvalue weighted by Gasteiger charge is -2.14. The fourth-order valence-corrected chi connectivity index (χ4v) is 2.33.